The molecular weight excluding hydrogens is 548 g/mol. The topological polar surface area (TPSA) is 96.3 Å². The second kappa shape index (κ2) is 12.4. The van der Waals surface area contributed by atoms with Crippen molar-refractivity contribution < 1.29 is 27.4 Å². The molecule has 40 heavy (non-hydrogen) atoms. The Labute approximate surface area is 233 Å². The van der Waals surface area contributed by atoms with E-state index in [0.29, 0.717) is 23.7 Å². The maximum Gasteiger partial charge on any atom is 0.573 e. The highest BCUT2D eigenvalue weighted by Crippen LogP contribution is 2.26. The number of halogens is 4. The molecule has 1 unspecified atom stereocenters. The Bertz CT molecular complexity index is 1440. The first-order chi connectivity index (χ1) is 19.0. The van der Waals surface area contributed by atoms with Crippen molar-refractivity contribution in [1.29, 1.82) is 0 Å². The van der Waals surface area contributed by atoms with Gasteiger partial charge >= 0.3 is 6.36 Å². The smallest absolute Gasteiger partial charge is 0.406 e. The number of benzene rings is 3. The lowest BCUT2D eigenvalue weighted by Crippen LogP contribution is -2.46. The van der Waals surface area contributed by atoms with Crippen molar-refractivity contribution >= 4 is 23.0 Å². The first-order valence-electron chi connectivity index (χ1n) is 12.1. The molecule has 0 amide bonds. The Hall–Kier alpha value is -4.07. The van der Waals surface area contributed by atoms with E-state index in [9.17, 15) is 22.7 Å². The first-order valence-corrected chi connectivity index (χ1v) is 12.5. The summed E-state index contributed by atoms with van der Waals surface area (Å²) in [5.74, 6) is -0.162. The number of hydrogen-bond donors (Lipinski definition) is 4. The number of rotatable bonds is 9. The highest BCUT2D eigenvalue weighted by molar-refractivity contribution is 7.80. The van der Waals surface area contributed by atoms with Crippen molar-refractivity contribution in [3.05, 3.63) is 90.0 Å². The lowest BCUT2D eigenvalue weighted by Gasteiger charge is -2.19. The van der Waals surface area contributed by atoms with Gasteiger partial charge in [-0.2, -0.15) is 0 Å². The van der Waals surface area contributed by atoms with E-state index in [1.807, 2.05) is 38.1 Å². The molecule has 4 aromatic rings. The standard InChI is InChI=1S/C27H26F4N6O2S/c1-16(2)22-13-19(28)7-12-23(22)34-26(40)35-25(38)32-14-17-3-5-18(6-4-17)24-33-15-37(36-24)20-8-10-21(11-9-20)39-27(29,30)31/h3-13,15-16,25,32,38H,14H2,1-2H3,(H2,34,35,40). The molecule has 210 valence electrons. The molecule has 0 saturated carbocycles. The van der Waals surface area contributed by atoms with Crippen LogP contribution in [-0.4, -0.2) is 37.7 Å². The molecule has 0 spiro atoms. The van der Waals surface area contributed by atoms with Crippen LogP contribution in [0.4, 0.5) is 23.2 Å². The van der Waals surface area contributed by atoms with Crippen molar-refractivity contribution in [3.8, 4) is 22.8 Å². The number of thiocarbonyl (C=S) groups is 1. The molecule has 8 nitrogen and oxygen atoms in total. The SMILES string of the molecule is CC(C)c1cc(F)ccc1NC(=S)NC(O)NCc1ccc(-c2ncn(-c3ccc(OC(F)(F)F)cc3)n2)cc1. The van der Waals surface area contributed by atoms with E-state index in [0.717, 1.165) is 16.7 Å². The summed E-state index contributed by atoms with van der Waals surface area (Å²) in [6, 6.07) is 17.0. The van der Waals surface area contributed by atoms with Gasteiger partial charge in [-0.1, -0.05) is 38.1 Å². The van der Waals surface area contributed by atoms with Crippen LogP contribution in [0.3, 0.4) is 0 Å². The summed E-state index contributed by atoms with van der Waals surface area (Å²) in [5.41, 5.74) is 3.52. The fourth-order valence-electron chi connectivity index (χ4n) is 3.77. The number of ether oxygens (including phenoxy) is 1. The zero-order valence-corrected chi connectivity index (χ0v) is 22.2. The summed E-state index contributed by atoms with van der Waals surface area (Å²) < 4.78 is 56.0. The predicted molar refractivity (Wildman–Crippen MR) is 146 cm³/mol. The molecule has 4 rings (SSSR count). The van der Waals surface area contributed by atoms with Gasteiger partial charge in [0.2, 0.25) is 0 Å². The van der Waals surface area contributed by atoms with Crippen molar-refractivity contribution in [2.24, 2.45) is 0 Å². The molecule has 13 heteroatoms. The minimum atomic E-state index is -4.76. The summed E-state index contributed by atoms with van der Waals surface area (Å²) in [6.07, 6.45) is -4.45. The average Bonchev–Trinajstić information content (AvgIpc) is 3.38. The molecule has 0 bridgehead atoms. The maximum absolute atomic E-state index is 13.6. The minimum Gasteiger partial charge on any atom is -0.406 e. The van der Waals surface area contributed by atoms with Crippen molar-refractivity contribution in [2.75, 3.05) is 5.32 Å². The van der Waals surface area contributed by atoms with Gasteiger partial charge in [0.15, 0.2) is 17.3 Å². The van der Waals surface area contributed by atoms with Crippen molar-refractivity contribution in [1.82, 2.24) is 25.4 Å². The Morgan fingerprint density at radius 1 is 1.05 bits per heavy atom. The molecule has 0 radical (unpaired) electrons. The summed E-state index contributed by atoms with van der Waals surface area (Å²) in [5, 5.41) is 23.5. The van der Waals surface area contributed by atoms with E-state index < -0.39 is 12.7 Å². The monoisotopic (exact) mass is 574 g/mol. The van der Waals surface area contributed by atoms with Crippen LogP contribution in [0.5, 0.6) is 5.75 Å². The lowest BCUT2D eigenvalue weighted by molar-refractivity contribution is -0.274. The third-order valence-electron chi connectivity index (χ3n) is 5.69. The van der Waals surface area contributed by atoms with Crippen LogP contribution < -0.4 is 20.7 Å². The summed E-state index contributed by atoms with van der Waals surface area (Å²) in [4.78, 5) is 4.27. The maximum atomic E-state index is 13.6. The lowest BCUT2D eigenvalue weighted by atomic mass is 10.0. The van der Waals surface area contributed by atoms with Gasteiger partial charge in [-0.15, -0.1) is 18.3 Å². The third-order valence-corrected chi connectivity index (χ3v) is 5.91. The molecule has 0 fully saturated rings. The van der Waals surface area contributed by atoms with Crippen molar-refractivity contribution in [2.45, 2.75) is 39.0 Å². The van der Waals surface area contributed by atoms with E-state index >= 15 is 0 Å². The van der Waals surface area contributed by atoms with Gasteiger partial charge in [-0.25, -0.2) is 14.1 Å². The van der Waals surface area contributed by atoms with E-state index in [-0.39, 0.29) is 22.6 Å². The zero-order valence-electron chi connectivity index (χ0n) is 21.4. The van der Waals surface area contributed by atoms with Crippen LogP contribution in [-0.2, 0) is 6.54 Å². The number of aliphatic hydroxyl groups is 1. The molecule has 4 N–H and O–H groups in total. The minimum absolute atomic E-state index is 0.0734. The summed E-state index contributed by atoms with van der Waals surface area (Å²) in [6.45, 7) is 4.20. The van der Waals surface area contributed by atoms with Gasteiger partial charge in [0.1, 0.15) is 17.9 Å². The third kappa shape index (κ3) is 7.97. The summed E-state index contributed by atoms with van der Waals surface area (Å²) >= 11 is 5.27. The number of nitrogens with one attached hydrogen (secondary N) is 3. The van der Waals surface area contributed by atoms with Crippen LogP contribution in [0, 0.1) is 5.82 Å². The molecule has 1 atom stereocenters. The number of aliphatic hydroxyl groups excluding tert-OH is 1. The number of aromatic nitrogens is 3. The van der Waals surface area contributed by atoms with Crippen LogP contribution in [0.15, 0.2) is 73.1 Å². The Balaban J connectivity index is 1.29. The molecule has 3 aromatic carbocycles. The van der Waals surface area contributed by atoms with Crippen molar-refractivity contribution in [3.63, 3.8) is 0 Å². The van der Waals surface area contributed by atoms with Crippen LogP contribution in [0.1, 0.15) is 30.9 Å². The second-order valence-corrected chi connectivity index (χ2v) is 9.43. The first kappa shape index (κ1) is 28.9. The number of hydrogen-bond acceptors (Lipinski definition) is 6. The highest BCUT2D eigenvalue weighted by atomic mass is 32.1. The Morgan fingerprint density at radius 3 is 2.40 bits per heavy atom. The fourth-order valence-corrected chi connectivity index (χ4v) is 3.99. The quantitative estimate of drug-likeness (QED) is 0.119. The largest absolute Gasteiger partial charge is 0.573 e. The molecule has 0 aliphatic heterocycles. The molecule has 1 aromatic heterocycles. The van der Waals surface area contributed by atoms with Gasteiger partial charge in [-0.3, -0.25) is 5.32 Å². The van der Waals surface area contributed by atoms with Gasteiger partial charge in [0, 0.05) is 17.8 Å². The van der Waals surface area contributed by atoms with E-state index in [4.69, 9.17) is 12.2 Å². The van der Waals surface area contributed by atoms with Gasteiger partial charge in [0.05, 0.1) is 5.69 Å². The average molecular weight is 575 g/mol. The predicted octanol–water partition coefficient (Wildman–Crippen LogP) is 5.45. The van der Waals surface area contributed by atoms with Crippen LogP contribution in [0.2, 0.25) is 0 Å². The van der Waals surface area contributed by atoms with Gasteiger partial charge in [0.25, 0.3) is 0 Å². The molecule has 0 saturated heterocycles. The van der Waals surface area contributed by atoms with Crippen LogP contribution >= 0.6 is 12.2 Å². The highest BCUT2D eigenvalue weighted by Gasteiger charge is 2.31. The summed E-state index contributed by atoms with van der Waals surface area (Å²) in [7, 11) is 0. The van der Waals surface area contributed by atoms with E-state index in [1.165, 1.54) is 47.4 Å². The normalized spacial score (nSPS) is 12.3. The molecular formula is C27H26F4N6O2S. The van der Waals surface area contributed by atoms with E-state index in [2.05, 4.69) is 30.8 Å². The zero-order chi connectivity index (χ0) is 28.9. The number of alkyl halides is 3. The van der Waals surface area contributed by atoms with Gasteiger partial charge in [-0.05, 0) is 71.7 Å². The Kier molecular flexibility index (Phi) is 8.97. The Morgan fingerprint density at radius 2 is 1.75 bits per heavy atom. The van der Waals surface area contributed by atoms with Gasteiger partial charge < -0.3 is 20.5 Å². The molecule has 0 aliphatic rings. The fraction of sp³-hybridized carbons (Fsp3) is 0.222. The molecule has 1 heterocycles. The number of nitrogens with zero attached hydrogens (tertiary/aromatic N) is 3. The molecule has 0 aliphatic carbocycles. The number of anilines is 1. The second-order valence-electron chi connectivity index (χ2n) is 9.02. The van der Waals surface area contributed by atoms with Crippen LogP contribution in [0.25, 0.3) is 17.1 Å². The van der Waals surface area contributed by atoms with E-state index in [1.54, 1.807) is 6.07 Å².